The van der Waals surface area contributed by atoms with Crippen molar-refractivity contribution in [3.8, 4) is 11.8 Å². The molecule has 1 nitrogen and oxygen atoms in total. The molecule has 136 valence electrons. The highest BCUT2D eigenvalue weighted by molar-refractivity contribution is 5.32. The Labute approximate surface area is 150 Å². The van der Waals surface area contributed by atoms with Gasteiger partial charge in [0.25, 0.3) is 0 Å². The molecule has 0 aromatic carbocycles. The van der Waals surface area contributed by atoms with E-state index in [4.69, 9.17) is 0 Å². The fourth-order valence-corrected chi connectivity index (χ4v) is 4.77. The minimum Gasteiger partial charge on any atom is -0.224 e. The monoisotopic (exact) mass is 345 g/mol. The summed E-state index contributed by atoms with van der Waals surface area (Å²) >= 11 is 0. The molecule has 25 heavy (non-hydrogen) atoms. The molecule has 2 aliphatic rings. The molecule has 1 heterocycles. The largest absolute Gasteiger partial charge is 0.248 e. The van der Waals surface area contributed by atoms with E-state index in [-0.39, 0.29) is 0 Å². The summed E-state index contributed by atoms with van der Waals surface area (Å²) in [6, 6.07) is 1.13. The third-order valence-electron chi connectivity index (χ3n) is 6.24. The highest BCUT2D eigenvalue weighted by atomic mass is 19.2. The molecule has 2 aliphatic carbocycles. The number of nitrogens with zero attached hydrogens (tertiary/aromatic N) is 1. The molecule has 0 aliphatic heterocycles. The van der Waals surface area contributed by atoms with E-state index in [2.05, 4.69) is 23.7 Å². The van der Waals surface area contributed by atoms with Gasteiger partial charge in [0.2, 0.25) is 5.95 Å². The van der Waals surface area contributed by atoms with Gasteiger partial charge < -0.3 is 0 Å². The van der Waals surface area contributed by atoms with Crippen LogP contribution in [0.1, 0.15) is 76.7 Å². The molecule has 0 bridgehead atoms. The Balaban J connectivity index is 1.46. The van der Waals surface area contributed by atoms with E-state index in [0.717, 1.165) is 36.7 Å². The Morgan fingerprint density at radius 2 is 1.64 bits per heavy atom. The Morgan fingerprint density at radius 1 is 1.00 bits per heavy atom. The molecule has 0 atom stereocenters. The molecule has 3 heteroatoms. The van der Waals surface area contributed by atoms with Crippen molar-refractivity contribution in [1.82, 2.24) is 4.98 Å². The standard InChI is InChI=1S/C22H29F2N/c1-2-3-16-6-10-19(11-7-16)20-12-8-17(9-13-20)4-5-18-14-21(23)22(24)25-15-18/h14-17,19-20H,2-3,6-13H2,1H3/t16-,17?,19-,20?. The second-order valence-corrected chi connectivity index (χ2v) is 7.95. The average molecular weight is 345 g/mol. The normalized spacial score (nSPS) is 29.7. The topological polar surface area (TPSA) is 12.9 Å². The lowest BCUT2D eigenvalue weighted by Crippen LogP contribution is -2.25. The smallest absolute Gasteiger partial charge is 0.224 e. The van der Waals surface area contributed by atoms with Crippen molar-refractivity contribution in [2.75, 3.05) is 0 Å². The second kappa shape index (κ2) is 8.79. The van der Waals surface area contributed by atoms with Crippen molar-refractivity contribution in [1.29, 1.82) is 0 Å². The number of aromatic nitrogens is 1. The van der Waals surface area contributed by atoms with Gasteiger partial charge in [-0.15, -0.1) is 0 Å². The van der Waals surface area contributed by atoms with Gasteiger partial charge in [-0.25, -0.2) is 9.37 Å². The van der Waals surface area contributed by atoms with Gasteiger partial charge in [0.1, 0.15) is 0 Å². The number of pyridine rings is 1. The lowest BCUT2D eigenvalue weighted by Gasteiger charge is -2.37. The van der Waals surface area contributed by atoms with Crippen molar-refractivity contribution in [2.24, 2.45) is 23.7 Å². The third-order valence-corrected chi connectivity index (χ3v) is 6.24. The van der Waals surface area contributed by atoms with Crippen molar-refractivity contribution in [2.45, 2.75) is 71.1 Å². The first kappa shape index (κ1) is 18.4. The van der Waals surface area contributed by atoms with E-state index in [1.807, 2.05) is 0 Å². The lowest BCUT2D eigenvalue weighted by molar-refractivity contribution is 0.154. The fourth-order valence-electron chi connectivity index (χ4n) is 4.77. The van der Waals surface area contributed by atoms with Crippen molar-refractivity contribution in [3.63, 3.8) is 0 Å². The zero-order valence-electron chi connectivity index (χ0n) is 15.2. The second-order valence-electron chi connectivity index (χ2n) is 7.95. The van der Waals surface area contributed by atoms with Crippen LogP contribution in [-0.4, -0.2) is 4.98 Å². The Bertz CT molecular complexity index is 615. The van der Waals surface area contributed by atoms with Crippen LogP contribution < -0.4 is 0 Å². The van der Waals surface area contributed by atoms with Crippen LogP contribution in [0.4, 0.5) is 8.78 Å². The van der Waals surface area contributed by atoms with E-state index in [0.29, 0.717) is 11.5 Å². The summed E-state index contributed by atoms with van der Waals surface area (Å²) in [7, 11) is 0. The van der Waals surface area contributed by atoms with Gasteiger partial charge in [-0.05, 0) is 62.3 Å². The summed E-state index contributed by atoms with van der Waals surface area (Å²) < 4.78 is 26.0. The maximum atomic E-state index is 13.2. The highest BCUT2D eigenvalue weighted by Crippen LogP contribution is 2.42. The third kappa shape index (κ3) is 5.03. The number of rotatable bonds is 3. The van der Waals surface area contributed by atoms with Crippen molar-refractivity contribution in [3.05, 3.63) is 29.6 Å². The maximum Gasteiger partial charge on any atom is 0.248 e. The Hall–Kier alpha value is -1.43. The Morgan fingerprint density at radius 3 is 2.24 bits per heavy atom. The van der Waals surface area contributed by atoms with Gasteiger partial charge in [-0.2, -0.15) is 4.39 Å². The molecule has 1 aromatic rings. The van der Waals surface area contributed by atoms with Crippen LogP contribution in [-0.2, 0) is 0 Å². The highest BCUT2D eigenvalue weighted by Gasteiger charge is 2.30. The molecule has 0 unspecified atom stereocenters. The summed E-state index contributed by atoms with van der Waals surface area (Å²) in [5.74, 6) is 7.43. The van der Waals surface area contributed by atoms with Gasteiger partial charge in [0.05, 0.1) is 0 Å². The number of halogens is 2. The summed E-state index contributed by atoms with van der Waals surface area (Å²) in [5, 5.41) is 0. The average Bonchev–Trinajstić information content (AvgIpc) is 2.64. The molecule has 0 amide bonds. The lowest BCUT2D eigenvalue weighted by atomic mass is 9.69. The zero-order chi connectivity index (χ0) is 17.6. The molecule has 0 saturated heterocycles. The molecule has 1 aromatic heterocycles. The predicted molar refractivity (Wildman–Crippen MR) is 96.8 cm³/mol. The first-order valence-corrected chi connectivity index (χ1v) is 9.98. The molecule has 0 radical (unpaired) electrons. The van der Waals surface area contributed by atoms with Crippen LogP contribution >= 0.6 is 0 Å². The molecule has 0 N–H and O–H groups in total. The zero-order valence-corrected chi connectivity index (χ0v) is 15.2. The first-order valence-electron chi connectivity index (χ1n) is 9.98. The predicted octanol–water partition coefficient (Wildman–Crippen LogP) is 6.12. The SMILES string of the molecule is CCC[C@H]1CC[C@H](C2CCC(C#Cc3cnc(F)c(F)c3)CC2)CC1. The van der Waals surface area contributed by atoms with E-state index in [1.165, 1.54) is 57.6 Å². The molecule has 0 spiro atoms. The molecule has 2 saturated carbocycles. The van der Waals surface area contributed by atoms with Gasteiger partial charge >= 0.3 is 0 Å². The summed E-state index contributed by atoms with van der Waals surface area (Å²) in [5.41, 5.74) is 0.468. The molecule has 3 rings (SSSR count). The minimum absolute atomic E-state index is 0.390. The van der Waals surface area contributed by atoms with E-state index in [1.54, 1.807) is 0 Å². The van der Waals surface area contributed by atoms with Gasteiger partial charge in [-0.3, -0.25) is 0 Å². The number of hydrogen-bond donors (Lipinski definition) is 0. The van der Waals surface area contributed by atoms with E-state index < -0.39 is 11.8 Å². The Kier molecular flexibility index (Phi) is 6.45. The summed E-state index contributed by atoms with van der Waals surface area (Å²) in [6.07, 6.45) is 14.6. The summed E-state index contributed by atoms with van der Waals surface area (Å²) in [6.45, 7) is 2.30. The van der Waals surface area contributed by atoms with Crippen LogP contribution in [0, 0.1) is 47.3 Å². The van der Waals surface area contributed by atoms with Crippen LogP contribution in [0.15, 0.2) is 12.3 Å². The van der Waals surface area contributed by atoms with Gasteiger partial charge in [0.15, 0.2) is 5.82 Å². The number of hydrogen-bond acceptors (Lipinski definition) is 1. The molecular formula is C22H29F2N. The molecular weight excluding hydrogens is 316 g/mol. The van der Waals surface area contributed by atoms with Crippen LogP contribution in [0.2, 0.25) is 0 Å². The minimum atomic E-state index is -1.06. The van der Waals surface area contributed by atoms with E-state index >= 15 is 0 Å². The quantitative estimate of drug-likeness (QED) is 0.475. The van der Waals surface area contributed by atoms with E-state index in [9.17, 15) is 8.78 Å². The maximum absolute atomic E-state index is 13.2. The van der Waals surface area contributed by atoms with Gasteiger partial charge in [0, 0.05) is 17.7 Å². The fraction of sp³-hybridized carbons (Fsp3) is 0.682. The van der Waals surface area contributed by atoms with Crippen LogP contribution in [0.25, 0.3) is 0 Å². The van der Waals surface area contributed by atoms with Crippen molar-refractivity contribution >= 4 is 0 Å². The van der Waals surface area contributed by atoms with Crippen LogP contribution in [0.5, 0.6) is 0 Å². The van der Waals surface area contributed by atoms with Gasteiger partial charge in [-0.1, -0.05) is 44.4 Å². The van der Waals surface area contributed by atoms with Crippen molar-refractivity contribution < 1.29 is 8.78 Å². The molecule has 2 fully saturated rings. The van der Waals surface area contributed by atoms with Crippen LogP contribution in [0.3, 0.4) is 0 Å². The summed E-state index contributed by atoms with van der Waals surface area (Å²) in [4.78, 5) is 3.39. The first-order chi connectivity index (χ1) is 12.2.